The third-order valence-electron chi connectivity index (χ3n) is 6.72. The molecule has 1 saturated heterocycles. The van der Waals surface area contributed by atoms with E-state index in [-0.39, 0.29) is 23.1 Å². The number of rotatable bonds is 4. The molecule has 142 valence electrons. The van der Waals surface area contributed by atoms with Crippen LogP contribution < -0.4 is 4.18 Å². The lowest BCUT2D eigenvalue weighted by Crippen LogP contribution is -2.76. The monoisotopic (exact) mass is 384 g/mol. The van der Waals surface area contributed by atoms with Gasteiger partial charge in [-0.2, -0.15) is 4.89 Å². The van der Waals surface area contributed by atoms with Crippen LogP contribution in [0.15, 0.2) is 24.3 Å². The highest BCUT2D eigenvalue weighted by Crippen LogP contribution is 2.69. The first-order valence-electron chi connectivity index (χ1n) is 10.3. The highest BCUT2D eigenvalue weighted by atomic mass is 32.3. The number of ether oxygens (including phenoxy) is 1. The van der Waals surface area contributed by atoms with Gasteiger partial charge in [0, 0.05) is 12.6 Å². The smallest absolute Gasteiger partial charge is 0.262 e. The maximum absolute atomic E-state index is 11.0. The summed E-state index contributed by atoms with van der Waals surface area (Å²) in [5, 5.41) is 0. The summed E-state index contributed by atoms with van der Waals surface area (Å²) in [5.41, 5.74) is -0.711. The van der Waals surface area contributed by atoms with Gasteiger partial charge >= 0.3 is 0 Å². The Morgan fingerprint density at radius 1 is 1.15 bits per heavy atom. The number of hydrogen-bond donors (Lipinski definition) is 0. The van der Waals surface area contributed by atoms with E-state index < -0.39 is 28.8 Å². The molecular weight excluding hydrogens is 360 g/mol. The van der Waals surface area contributed by atoms with E-state index in [1.807, 2.05) is 0 Å². The van der Waals surface area contributed by atoms with Crippen molar-refractivity contribution in [3.63, 3.8) is 0 Å². The average Bonchev–Trinajstić information content (AvgIpc) is 2.56. The molecule has 0 aromatic heterocycles. The fraction of sp³-hybridized carbons (Fsp3) is 0.667. The lowest BCUT2D eigenvalue weighted by molar-refractivity contribution is -0.645. The van der Waals surface area contributed by atoms with E-state index in [0.29, 0.717) is 11.8 Å². The molecule has 1 unspecified atom stereocenters. The van der Waals surface area contributed by atoms with Crippen molar-refractivity contribution in [3.8, 4) is 5.75 Å². The van der Waals surface area contributed by atoms with E-state index in [2.05, 4.69) is 4.18 Å². The van der Waals surface area contributed by atoms with Gasteiger partial charge in [0.25, 0.3) is 16.2 Å². The summed E-state index contributed by atoms with van der Waals surface area (Å²) in [6.07, 6.45) is 4.84. The molecule has 1 aliphatic heterocycles. The van der Waals surface area contributed by atoms with E-state index in [0.717, 1.165) is 25.7 Å². The zero-order valence-electron chi connectivity index (χ0n) is 16.9. The number of methoxy groups -OCH3 is 1. The van der Waals surface area contributed by atoms with Crippen molar-refractivity contribution in [2.24, 2.45) is 23.7 Å². The molecule has 7 nitrogen and oxygen atoms in total. The zero-order valence-corrected chi connectivity index (χ0v) is 14.7. The fourth-order valence-corrected chi connectivity index (χ4v) is 6.41. The van der Waals surface area contributed by atoms with Crippen LogP contribution in [0.1, 0.15) is 41.8 Å². The Balaban J connectivity index is 1.61. The van der Waals surface area contributed by atoms with Gasteiger partial charge in [-0.25, -0.2) is 13.3 Å². The largest absolute Gasteiger partial charge is 0.716 e. The summed E-state index contributed by atoms with van der Waals surface area (Å²) >= 11 is 0. The molecule has 4 aliphatic carbocycles. The zero-order chi connectivity index (χ0) is 20.7. The van der Waals surface area contributed by atoms with Gasteiger partial charge < -0.3 is 13.5 Å². The summed E-state index contributed by atoms with van der Waals surface area (Å²) in [6, 6.07) is 5.61. The minimum Gasteiger partial charge on any atom is -0.716 e. The van der Waals surface area contributed by atoms with Crippen molar-refractivity contribution in [3.05, 3.63) is 29.8 Å². The van der Waals surface area contributed by atoms with Crippen molar-refractivity contribution in [2.75, 3.05) is 7.04 Å². The van der Waals surface area contributed by atoms with Crippen LogP contribution in [-0.4, -0.2) is 25.6 Å². The molecule has 0 amide bonds. The molecule has 1 spiro atoms. The van der Waals surface area contributed by atoms with Crippen molar-refractivity contribution in [1.29, 1.82) is 0 Å². The summed E-state index contributed by atoms with van der Waals surface area (Å²) in [5.74, 6) is -0.630. The topological polar surface area (TPSA) is 94.1 Å². The molecule has 5 fully saturated rings. The van der Waals surface area contributed by atoms with E-state index in [1.165, 1.54) is 24.6 Å². The maximum atomic E-state index is 11.0. The summed E-state index contributed by atoms with van der Waals surface area (Å²) in [7, 11) is -7.77. The first kappa shape index (κ1) is 13.9. The van der Waals surface area contributed by atoms with Gasteiger partial charge in [0.1, 0.15) is 5.75 Å². The van der Waals surface area contributed by atoms with Gasteiger partial charge in [-0.15, -0.1) is 0 Å². The van der Waals surface area contributed by atoms with Crippen molar-refractivity contribution in [1.82, 2.24) is 0 Å². The van der Waals surface area contributed by atoms with Gasteiger partial charge in [0.15, 0.2) is 5.60 Å². The maximum Gasteiger partial charge on any atom is 0.262 e. The lowest BCUT2D eigenvalue weighted by atomic mass is 9.47. The Morgan fingerprint density at radius 2 is 1.85 bits per heavy atom. The molecule has 26 heavy (non-hydrogen) atoms. The SMILES string of the molecule is [2H]C([2H])([2H])OC1(c2cccc(OS(=O)(=O)[O-])c2)OOC12C1CC3CC(C1)CC2C3. The predicted molar refractivity (Wildman–Crippen MR) is 87.4 cm³/mol. The Kier molecular flexibility index (Phi) is 2.90. The third kappa shape index (κ3) is 2.16. The van der Waals surface area contributed by atoms with Crippen LogP contribution in [0.2, 0.25) is 0 Å². The first-order chi connectivity index (χ1) is 13.5. The van der Waals surface area contributed by atoms with Crippen LogP contribution in [0.5, 0.6) is 5.75 Å². The molecule has 1 aromatic carbocycles. The van der Waals surface area contributed by atoms with Crippen LogP contribution in [0.4, 0.5) is 0 Å². The Labute approximate surface area is 156 Å². The lowest BCUT2D eigenvalue weighted by Gasteiger charge is -2.68. The molecule has 1 heterocycles. The van der Waals surface area contributed by atoms with Crippen LogP contribution >= 0.6 is 0 Å². The van der Waals surface area contributed by atoms with Gasteiger partial charge in [0.05, 0.1) is 4.11 Å². The van der Waals surface area contributed by atoms with Gasteiger partial charge in [0.2, 0.25) is 0 Å². The predicted octanol–water partition coefficient (Wildman–Crippen LogP) is 2.48. The summed E-state index contributed by atoms with van der Waals surface area (Å²) in [6.45, 7) is 0. The Morgan fingerprint density at radius 3 is 2.38 bits per heavy atom. The number of hydrogen-bond acceptors (Lipinski definition) is 7. The molecule has 6 rings (SSSR count). The second-order valence-electron chi connectivity index (χ2n) is 8.00. The van der Waals surface area contributed by atoms with E-state index >= 15 is 0 Å². The summed E-state index contributed by atoms with van der Waals surface area (Å²) in [4.78, 5) is 11.2. The standard InChI is InChI=1S/C18H22O7S/c1-22-18(13-3-2-4-16(10-13)23-26(19,20)21)17(24-25-18)14-6-11-5-12(8-14)9-15(17)7-11/h2-4,10-12,14-15H,5-9H2,1H3,(H,19,20,21)/p-1/i1D3. The minimum absolute atomic E-state index is 0.0719. The Bertz CT molecular complexity index is 904. The molecule has 8 heteroatoms. The van der Waals surface area contributed by atoms with E-state index in [1.54, 1.807) is 6.07 Å². The second-order valence-corrected chi connectivity index (χ2v) is 8.99. The van der Waals surface area contributed by atoms with E-state index in [4.69, 9.17) is 18.6 Å². The van der Waals surface area contributed by atoms with Gasteiger partial charge in [-0.3, -0.25) is 0 Å². The van der Waals surface area contributed by atoms with Crippen LogP contribution in [0, 0.1) is 23.7 Å². The first-order valence-corrected chi connectivity index (χ1v) is 10.2. The number of benzene rings is 1. The normalized spacial score (nSPS) is 45.7. The van der Waals surface area contributed by atoms with Crippen LogP contribution in [-0.2, 0) is 30.7 Å². The van der Waals surface area contributed by atoms with Crippen molar-refractivity contribution in [2.45, 2.75) is 43.5 Å². The van der Waals surface area contributed by atoms with Crippen molar-refractivity contribution >= 4 is 10.4 Å². The molecular formula is C18H21O7S-. The molecule has 0 radical (unpaired) electrons. The molecule has 5 aliphatic rings. The molecule has 1 aromatic rings. The van der Waals surface area contributed by atoms with Crippen LogP contribution in [0.3, 0.4) is 0 Å². The van der Waals surface area contributed by atoms with Crippen molar-refractivity contribution < 1.29 is 35.8 Å². The highest BCUT2D eigenvalue weighted by Gasteiger charge is 2.76. The molecule has 0 N–H and O–H groups in total. The third-order valence-corrected chi connectivity index (χ3v) is 7.12. The minimum atomic E-state index is -4.99. The fourth-order valence-electron chi connectivity index (χ4n) is 6.07. The quantitative estimate of drug-likeness (QED) is 0.447. The van der Waals surface area contributed by atoms with Gasteiger partial charge in [-0.05, 0) is 67.9 Å². The average molecular weight is 384 g/mol. The summed E-state index contributed by atoms with van der Waals surface area (Å²) < 4.78 is 66.3. The van der Waals surface area contributed by atoms with Crippen LogP contribution in [0.25, 0.3) is 0 Å². The molecule has 4 saturated carbocycles. The highest BCUT2D eigenvalue weighted by molar-refractivity contribution is 7.81. The molecule has 1 atom stereocenters. The van der Waals surface area contributed by atoms with Gasteiger partial charge in [-0.1, -0.05) is 12.1 Å². The second kappa shape index (κ2) is 5.42. The molecule has 4 bridgehead atoms. The Hall–Kier alpha value is -1.19. The van der Waals surface area contributed by atoms with E-state index in [9.17, 15) is 13.0 Å².